The molecule has 0 spiro atoms. The van der Waals surface area contributed by atoms with E-state index in [4.69, 9.17) is 4.74 Å². The zero-order chi connectivity index (χ0) is 23.3. The van der Waals surface area contributed by atoms with Gasteiger partial charge in [-0.2, -0.15) is 4.68 Å². The Hall–Kier alpha value is -2.91. The summed E-state index contributed by atoms with van der Waals surface area (Å²) in [5.41, 5.74) is 0.343. The number of rotatable bonds is 9. The summed E-state index contributed by atoms with van der Waals surface area (Å²) in [6, 6.07) is 12.9. The highest BCUT2D eigenvalue weighted by Crippen LogP contribution is 2.35. The molecule has 0 saturated carbocycles. The Labute approximate surface area is 195 Å². The zero-order valence-electron chi connectivity index (χ0n) is 17.4. The van der Waals surface area contributed by atoms with Gasteiger partial charge >= 0.3 is 0 Å². The van der Waals surface area contributed by atoms with Crippen LogP contribution in [0.15, 0.2) is 63.5 Å². The van der Waals surface area contributed by atoms with E-state index in [1.807, 2.05) is 18.2 Å². The molecule has 3 aromatic rings. The molecule has 0 unspecified atom stereocenters. The summed E-state index contributed by atoms with van der Waals surface area (Å²) in [5, 5.41) is 23.5. The Bertz CT molecular complexity index is 1220. The Kier molecular flexibility index (Phi) is 7.29. The third-order valence-electron chi connectivity index (χ3n) is 4.90. The van der Waals surface area contributed by atoms with Crippen molar-refractivity contribution in [3.63, 3.8) is 0 Å². The lowest BCUT2D eigenvalue weighted by molar-refractivity contribution is -0.388. The first-order valence-electron chi connectivity index (χ1n) is 10.0. The van der Waals surface area contributed by atoms with Gasteiger partial charge in [0.25, 0.3) is 5.69 Å². The number of morpholine rings is 1. The summed E-state index contributed by atoms with van der Waals surface area (Å²) in [6.45, 7) is 3.43. The molecule has 0 bridgehead atoms. The standard InChI is InChI=1S/C19H21N7O5S2.H2/c27-26(28)17-14-16(33(29,30)20-8-9-24-10-12-31-13-11-24)6-7-18(17)32-19-21-22-23-25(19)15-4-2-1-3-5-15;/h1-7,14,20H,8-13H2;1H. The van der Waals surface area contributed by atoms with Crippen molar-refractivity contribution >= 4 is 27.5 Å². The summed E-state index contributed by atoms with van der Waals surface area (Å²) >= 11 is 0.978. The lowest BCUT2D eigenvalue weighted by atomic mass is 10.3. The molecule has 1 saturated heterocycles. The molecule has 1 N–H and O–H groups in total. The molecule has 12 nitrogen and oxygen atoms in total. The van der Waals surface area contributed by atoms with Crippen molar-refractivity contribution in [1.29, 1.82) is 0 Å². The van der Waals surface area contributed by atoms with Crippen LogP contribution in [0.2, 0.25) is 0 Å². The Morgan fingerprint density at radius 3 is 2.67 bits per heavy atom. The highest BCUT2D eigenvalue weighted by molar-refractivity contribution is 7.99. The van der Waals surface area contributed by atoms with Crippen molar-refractivity contribution in [2.24, 2.45) is 0 Å². The van der Waals surface area contributed by atoms with E-state index in [0.717, 1.165) is 30.9 Å². The minimum Gasteiger partial charge on any atom is -0.379 e. The van der Waals surface area contributed by atoms with E-state index >= 15 is 0 Å². The smallest absolute Gasteiger partial charge is 0.284 e. The molecule has 2 aromatic carbocycles. The lowest BCUT2D eigenvalue weighted by Crippen LogP contribution is -2.41. The van der Waals surface area contributed by atoms with Crippen LogP contribution < -0.4 is 4.72 Å². The van der Waals surface area contributed by atoms with Crippen molar-refractivity contribution in [3.05, 3.63) is 58.6 Å². The van der Waals surface area contributed by atoms with Crippen molar-refractivity contribution in [1.82, 2.24) is 29.8 Å². The molecule has 1 aliphatic heterocycles. The quantitative estimate of drug-likeness (QED) is 0.344. The van der Waals surface area contributed by atoms with Gasteiger partial charge in [0.05, 0.1) is 33.6 Å². The Balaban J connectivity index is 0.00000324. The van der Waals surface area contributed by atoms with E-state index in [-0.39, 0.29) is 23.4 Å². The molecule has 33 heavy (non-hydrogen) atoms. The molecule has 0 radical (unpaired) electrons. The van der Waals surface area contributed by atoms with E-state index in [2.05, 4.69) is 25.1 Å². The monoisotopic (exact) mass is 493 g/mol. The third-order valence-corrected chi connectivity index (χ3v) is 7.37. The average molecular weight is 494 g/mol. The number of nitro benzene ring substituents is 1. The number of para-hydroxylation sites is 1. The summed E-state index contributed by atoms with van der Waals surface area (Å²) in [6.07, 6.45) is 0. The Morgan fingerprint density at radius 2 is 1.94 bits per heavy atom. The second-order valence-corrected chi connectivity index (χ2v) is 9.83. The van der Waals surface area contributed by atoms with E-state index in [9.17, 15) is 18.5 Å². The summed E-state index contributed by atoms with van der Waals surface area (Å²) in [4.78, 5) is 13.2. The van der Waals surface area contributed by atoms with Gasteiger partial charge < -0.3 is 4.74 Å². The minimum absolute atomic E-state index is 0. The van der Waals surface area contributed by atoms with Gasteiger partial charge in [0.2, 0.25) is 15.2 Å². The second-order valence-electron chi connectivity index (χ2n) is 7.05. The fourth-order valence-corrected chi connectivity index (χ4v) is 5.13. The van der Waals surface area contributed by atoms with E-state index < -0.39 is 14.9 Å². The van der Waals surface area contributed by atoms with Crippen LogP contribution in [0.25, 0.3) is 5.69 Å². The highest BCUT2D eigenvalue weighted by atomic mass is 32.2. The van der Waals surface area contributed by atoms with Crippen LogP contribution in [0.5, 0.6) is 0 Å². The molecule has 0 atom stereocenters. The number of sulfonamides is 1. The number of benzene rings is 2. The number of ether oxygens (including phenoxy) is 1. The van der Waals surface area contributed by atoms with Crippen LogP contribution in [0.3, 0.4) is 0 Å². The fourth-order valence-electron chi connectivity index (χ4n) is 3.21. The Morgan fingerprint density at radius 1 is 1.18 bits per heavy atom. The van der Waals surface area contributed by atoms with Gasteiger partial charge in [-0.1, -0.05) is 18.2 Å². The largest absolute Gasteiger partial charge is 0.379 e. The molecule has 2 heterocycles. The van der Waals surface area contributed by atoms with Gasteiger partial charge in [0.1, 0.15) is 0 Å². The van der Waals surface area contributed by atoms with Crippen molar-refractivity contribution in [2.45, 2.75) is 14.9 Å². The number of hydrogen-bond donors (Lipinski definition) is 1. The predicted octanol–water partition coefficient (Wildman–Crippen LogP) is 1.58. The number of nitro groups is 1. The molecule has 4 rings (SSSR count). The van der Waals surface area contributed by atoms with Gasteiger partial charge in [-0.15, -0.1) is 5.10 Å². The van der Waals surface area contributed by atoms with Crippen LogP contribution in [0.1, 0.15) is 1.43 Å². The molecule has 0 amide bonds. The topological polar surface area (TPSA) is 145 Å². The van der Waals surface area contributed by atoms with Crippen LogP contribution in [-0.2, 0) is 14.8 Å². The first-order valence-corrected chi connectivity index (χ1v) is 12.3. The minimum atomic E-state index is -3.91. The molecule has 1 aliphatic rings. The number of nitrogens with zero attached hydrogens (tertiary/aromatic N) is 6. The van der Waals surface area contributed by atoms with Crippen LogP contribution in [-0.4, -0.2) is 77.8 Å². The number of hydrogen-bond acceptors (Lipinski definition) is 10. The number of aromatic nitrogens is 4. The molecule has 14 heteroatoms. The van der Waals surface area contributed by atoms with Gasteiger partial charge in [-0.05, 0) is 46.5 Å². The molecular weight excluding hydrogens is 470 g/mol. The molecular formula is C19H23N7O5S2. The number of nitrogens with one attached hydrogen (secondary N) is 1. The summed E-state index contributed by atoms with van der Waals surface area (Å²) < 4.78 is 34.6. The zero-order valence-corrected chi connectivity index (χ0v) is 19.0. The van der Waals surface area contributed by atoms with Crippen molar-refractivity contribution in [2.75, 3.05) is 39.4 Å². The maximum Gasteiger partial charge on any atom is 0.284 e. The fraction of sp³-hybridized carbons (Fsp3) is 0.316. The first-order chi connectivity index (χ1) is 15.9. The highest BCUT2D eigenvalue weighted by Gasteiger charge is 2.24. The van der Waals surface area contributed by atoms with E-state index in [0.29, 0.717) is 30.6 Å². The normalized spacial score (nSPS) is 14.9. The SMILES string of the molecule is O=[N+]([O-])c1cc(S(=O)(=O)NCCN2CCOCC2)ccc1Sc1nnnn1-c1ccccc1.[HH]. The van der Waals surface area contributed by atoms with Gasteiger partial charge in [-0.25, -0.2) is 13.1 Å². The average Bonchev–Trinajstić information content (AvgIpc) is 3.28. The summed E-state index contributed by atoms with van der Waals surface area (Å²) in [5.74, 6) is 0. The van der Waals surface area contributed by atoms with E-state index in [1.165, 1.54) is 16.8 Å². The molecule has 0 aliphatic carbocycles. The maximum absolute atomic E-state index is 12.7. The van der Waals surface area contributed by atoms with Gasteiger partial charge in [0.15, 0.2) is 0 Å². The molecule has 176 valence electrons. The van der Waals surface area contributed by atoms with Gasteiger partial charge in [0, 0.05) is 33.7 Å². The maximum atomic E-state index is 12.7. The first kappa shape index (κ1) is 23.3. The molecule has 1 fully saturated rings. The molecule has 1 aromatic heterocycles. The van der Waals surface area contributed by atoms with Crippen molar-refractivity contribution < 1.29 is 19.5 Å². The summed E-state index contributed by atoms with van der Waals surface area (Å²) in [7, 11) is -3.91. The third kappa shape index (κ3) is 5.72. The number of tetrazole rings is 1. The van der Waals surface area contributed by atoms with Crippen LogP contribution in [0, 0.1) is 10.1 Å². The van der Waals surface area contributed by atoms with Crippen LogP contribution >= 0.6 is 11.8 Å². The van der Waals surface area contributed by atoms with Crippen LogP contribution in [0.4, 0.5) is 5.69 Å². The van der Waals surface area contributed by atoms with E-state index in [1.54, 1.807) is 12.1 Å². The van der Waals surface area contributed by atoms with Crippen molar-refractivity contribution in [3.8, 4) is 5.69 Å². The second kappa shape index (κ2) is 10.4. The predicted molar refractivity (Wildman–Crippen MR) is 121 cm³/mol. The van der Waals surface area contributed by atoms with Gasteiger partial charge in [-0.3, -0.25) is 15.0 Å². The lowest BCUT2D eigenvalue weighted by Gasteiger charge is -2.26.